The molecule has 1 heterocycles. The van der Waals surface area contributed by atoms with E-state index in [1.807, 2.05) is 13.8 Å². The van der Waals surface area contributed by atoms with Crippen molar-refractivity contribution in [3.63, 3.8) is 0 Å². The molecule has 0 fully saturated rings. The Bertz CT molecular complexity index is 561. The summed E-state index contributed by atoms with van der Waals surface area (Å²) in [6.45, 7) is 3.64. The van der Waals surface area contributed by atoms with E-state index in [-0.39, 0.29) is 31.8 Å². The van der Waals surface area contributed by atoms with E-state index in [1.54, 1.807) is 22.9 Å². The summed E-state index contributed by atoms with van der Waals surface area (Å²) in [5.74, 6) is -0.495. The number of esters is 1. The van der Waals surface area contributed by atoms with Crippen molar-refractivity contribution in [1.82, 2.24) is 5.32 Å². The van der Waals surface area contributed by atoms with Gasteiger partial charge in [0.1, 0.15) is 12.2 Å². The quantitative estimate of drug-likeness (QED) is 0.232. The molecular weight excluding hydrogens is 306 g/mol. The van der Waals surface area contributed by atoms with Crippen molar-refractivity contribution in [3.8, 4) is 0 Å². The number of aromatic nitrogens is 1. The second kappa shape index (κ2) is 9.34. The van der Waals surface area contributed by atoms with Crippen LogP contribution in [0.4, 0.5) is 0 Å². The van der Waals surface area contributed by atoms with Gasteiger partial charge in [0, 0.05) is 19.0 Å². The molecule has 0 aromatic carbocycles. The average Bonchev–Trinajstić information content (AvgIpc) is 2.49. The van der Waals surface area contributed by atoms with Gasteiger partial charge < -0.3 is 14.9 Å². The number of pyridine rings is 1. The lowest BCUT2D eigenvalue weighted by Gasteiger charge is -2.05. The van der Waals surface area contributed by atoms with Gasteiger partial charge in [0.05, 0.1) is 0 Å². The minimum Gasteiger partial charge on any atom is -0.405 e. The zero-order chi connectivity index (χ0) is 17.2. The van der Waals surface area contributed by atoms with E-state index in [9.17, 15) is 19.7 Å². The maximum atomic E-state index is 11.9. The van der Waals surface area contributed by atoms with E-state index in [0.29, 0.717) is 12.0 Å². The smallest absolute Gasteiger partial charge is 0.310 e. The molecular formula is C14H20N3O6+. The van der Waals surface area contributed by atoms with Crippen LogP contribution in [0.5, 0.6) is 0 Å². The molecule has 0 saturated carbocycles. The molecule has 126 valence electrons. The predicted molar refractivity (Wildman–Crippen MR) is 77.5 cm³/mol. The van der Waals surface area contributed by atoms with Crippen molar-refractivity contribution >= 4 is 11.9 Å². The van der Waals surface area contributed by atoms with E-state index < -0.39 is 11.0 Å². The summed E-state index contributed by atoms with van der Waals surface area (Å²) in [5.41, 5.74) is 0.341. The number of carbonyl (C=O) groups is 2. The second-order valence-corrected chi connectivity index (χ2v) is 5.16. The van der Waals surface area contributed by atoms with Crippen molar-refractivity contribution in [1.29, 1.82) is 0 Å². The first kappa shape index (κ1) is 18.3. The predicted octanol–water partition coefficient (Wildman–Crippen LogP) is 0.459. The number of amides is 1. The fraction of sp³-hybridized carbons (Fsp3) is 0.500. The summed E-state index contributed by atoms with van der Waals surface area (Å²) >= 11 is 0. The van der Waals surface area contributed by atoms with Gasteiger partial charge in [-0.3, -0.25) is 9.59 Å². The molecule has 0 atom stereocenters. The normalized spacial score (nSPS) is 10.2. The number of carbonyl (C=O) groups excluding carboxylic acids is 2. The largest absolute Gasteiger partial charge is 0.405 e. The Morgan fingerprint density at radius 3 is 2.83 bits per heavy atom. The van der Waals surface area contributed by atoms with Crippen LogP contribution in [0.25, 0.3) is 0 Å². The van der Waals surface area contributed by atoms with Gasteiger partial charge >= 0.3 is 5.97 Å². The van der Waals surface area contributed by atoms with Gasteiger partial charge in [-0.05, 0) is 12.0 Å². The molecule has 0 bridgehead atoms. The Morgan fingerprint density at radius 2 is 2.17 bits per heavy atom. The SMILES string of the molecule is CC(C)CC(=O)OC[n+]1cccc(C(=O)NCCO[N+](=O)[O-])c1. The first-order valence-corrected chi connectivity index (χ1v) is 7.08. The second-order valence-electron chi connectivity index (χ2n) is 5.16. The summed E-state index contributed by atoms with van der Waals surface area (Å²) < 4.78 is 6.65. The molecule has 1 aromatic rings. The van der Waals surface area contributed by atoms with E-state index in [4.69, 9.17) is 4.74 Å². The first-order valence-electron chi connectivity index (χ1n) is 7.08. The molecule has 23 heavy (non-hydrogen) atoms. The maximum absolute atomic E-state index is 11.9. The monoisotopic (exact) mass is 326 g/mol. The topological polar surface area (TPSA) is 112 Å². The summed E-state index contributed by atoms with van der Waals surface area (Å²) in [7, 11) is 0. The number of rotatable bonds is 9. The minimum atomic E-state index is -0.922. The molecule has 0 spiro atoms. The molecule has 0 unspecified atom stereocenters. The molecule has 0 aliphatic heterocycles. The van der Waals surface area contributed by atoms with E-state index in [0.717, 1.165) is 0 Å². The number of hydrogen-bond acceptors (Lipinski definition) is 6. The Morgan fingerprint density at radius 1 is 1.43 bits per heavy atom. The highest BCUT2D eigenvalue weighted by Gasteiger charge is 2.12. The van der Waals surface area contributed by atoms with E-state index in [1.165, 1.54) is 6.20 Å². The summed E-state index contributed by atoms with van der Waals surface area (Å²) in [4.78, 5) is 37.4. The van der Waals surface area contributed by atoms with Crippen molar-refractivity contribution in [2.24, 2.45) is 5.92 Å². The zero-order valence-electron chi connectivity index (χ0n) is 13.1. The third-order valence-electron chi connectivity index (χ3n) is 2.65. The van der Waals surface area contributed by atoms with Crippen molar-refractivity contribution in [2.75, 3.05) is 13.2 Å². The van der Waals surface area contributed by atoms with Crippen LogP contribution in [-0.4, -0.2) is 30.1 Å². The molecule has 9 nitrogen and oxygen atoms in total. The highest BCUT2D eigenvalue weighted by molar-refractivity contribution is 5.93. The highest BCUT2D eigenvalue weighted by atomic mass is 16.9. The lowest BCUT2D eigenvalue weighted by atomic mass is 10.1. The van der Waals surface area contributed by atoms with Gasteiger partial charge in [0.2, 0.25) is 0 Å². The number of hydrogen-bond donors (Lipinski definition) is 1. The molecule has 0 saturated heterocycles. The average molecular weight is 326 g/mol. The van der Waals surface area contributed by atoms with Gasteiger partial charge in [0.15, 0.2) is 12.4 Å². The molecule has 9 heteroatoms. The molecule has 0 aliphatic carbocycles. The summed E-state index contributed by atoms with van der Waals surface area (Å²) in [6, 6.07) is 3.22. The van der Waals surface area contributed by atoms with Gasteiger partial charge in [-0.25, -0.2) is 0 Å². The van der Waals surface area contributed by atoms with E-state index >= 15 is 0 Å². The van der Waals surface area contributed by atoms with Crippen LogP contribution in [-0.2, 0) is 21.1 Å². The fourth-order valence-electron chi connectivity index (χ4n) is 1.66. The van der Waals surface area contributed by atoms with Crippen LogP contribution < -0.4 is 9.88 Å². The van der Waals surface area contributed by atoms with Crippen molar-refractivity contribution in [2.45, 2.75) is 27.0 Å². The van der Waals surface area contributed by atoms with Gasteiger partial charge in [-0.15, -0.1) is 10.1 Å². The molecule has 1 rings (SSSR count). The fourth-order valence-corrected chi connectivity index (χ4v) is 1.66. The first-order chi connectivity index (χ1) is 10.9. The highest BCUT2D eigenvalue weighted by Crippen LogP contribution is 2.01. The van der Waals surface area contributed by atoms with Crippen LogP contribution in [0.3, 0.4) is 0 Å². The Kier molecular flexibility index (Phi) is 7.44. The van der Waals surface area contributed by atoms with Crippen LogP contribution in [0.1, 0.15) is 30.6 Å². The Labute approximate surface area is 133 Å². The number of nitrogens with zero attached hydrogens (tertiary/aromatic N) is 2. The summed E-state index contributed by atoms with van der Waals surface area (Å²) in [6.07, 6.45) is 3.51. The zero-order valence-corrected chi connectivity index (χ0v) is 13.1. The van der Waals surface area contributed by atoms with Crippen LogP contribution in [0.2, 0.25) is 0 Å². The van der Waals surface area contributed by atoms with E-state index in [2.05, 4.69) is 10.2 Å². The Balaban J connectivity index is 2.47. The van der Waals surface area contributed by atoms with Crippen LogP contribution in [0.15, 0.2) is 24.5 Å². The van der Waals surface area contributed by atoms with Crippen molar-refractivity contribution < 1.29 is 28.8 Å². The number of ether oxygens (including phenoxy) is 1. The van der Waals surface area contributed by atoms with Crippen molar-refractivity contribution in [3.05, 3.63) is 40.2 Å². The third-order valence-corrected chi connectivity index (χ3v) is 2.65. The molecule has 1 aromatic heterocycles. The lowest BCUT2D eigenvalue weighted by Crippen LogP contribution is -2.38. The summed E-state index contributed by atoms with van der Waals surface area (Å²) in [5, 5.41) is 11.5. The number of nitrogens with one attached hydrogen (secondary N) is 1. The molecule has 1 amide bonds. The minimum absolute atomic E-state index is 0.0110. The third kappa shape index (κ3) is 7.74. The van der Waals surface area contributed by atoms with Gasteiger partial charge in [-0.1, -0.05) is 13.8 Å². The molecule has 1 N–H and O–H groups in total. The maximum Gasteiger partial charge on any atom is 0.310 e. The Hall–Kier alpha value is -2.71. The van der Waals surface area contributed by atoms with Gasteiger partial charge in [0.25, 0.3) is 17.7 Å². The molecule has 0 radical (unpaired) electrons. The van der Waals surface area contributed by atoms with Crippen LogP contribution >= 0.6 is 0 Å². The molecule has 0 aliphatic rings. The van der Waals surface area contributed by atoms with Crippen LogP contribution in [0, 0.1) is 16.0 Å². The van der Waals surface area contributed by atoms with Gasteiger partial charge in [-0.2, -0.15) is 4.57 Å². The lowest BCUT2D eigenvalue weighted by molar-refractivity contribution is -0.757. The standard InChI is InChI=1S/C14H19N3O6/c1-11(2)8-13(18)22-10-16-6-3-4-12(9-16)14(19)15-5-7-23-17(20)21/h3-4,6,9,11H,5,7-8,10H2,1-2H3/p+1.